The van der Waals surface area contributed by atoms with Gasteiger partial charge in [-0.2, -0.15) is 5.10 Å². The highest BCUT2D eigenvalue weighted by Gasteiger charge is 2.24. The molecule has 5 nitrogen and oxygen atoms in total. The normalized spacial score (nSPS) is 14.7. The van der Waals surface area contributed by atoms with E-state index >= 15 is 0 Å². The molecule has 0 saturated heterocycles. The molecule has 0 unspecified atom stereocenters. The van der Waals surface area contributed by atoms with Crippen molar-refractivity contribution in [1.29, 1.82) is 0 Å². The Balaban J connectivity index is 2.01. The molecule has 1 N–H and O–H groups in total. The number of hydrogen-bond donors (Lipinski definition) is 1. The molecule has 0 atom stereocenters. The SMILES string of the molecule is CCn1nc(C)cc1C(=O)N1CCNCc2ccccc21. The number of aryl methyl sites for hydroxylation is 2. The van der Waals surface area contributed by atoms with Crippen molar-refractivity contribution in [2.75, 3.05) is 18.0 Å². The smallest absolute Gasteiger partial charge is 0.276 e. The molecule has 0 spiro atoms. The standard InChI is InChI=1S/C16H20N4O/c1-3-20-15(10-12(2)18-20)16(21)19-9-8-17-11-13-6-4-5-7-14(13)19/h4-7,10,17H,3,8-9,11H2,1-2H3. The van der Waals surface area contributed by atoms with E-state index in [0.717, 1.165) is 30.0 Å². The summed E-state index contributed by atoms with van der Waals surface area (Å²) in [5.41, 5.74) is 3.68. The van der Waals surface area contributed by atoms with E-state index in [4.69, 9.17) is 0 Å². The molecule has 1 aromatic heterocycles. The van der Waals surface area contributed by atoms with Gasteiger partial charge in [0.1, 0.15) is 5.69 Å². The molecule has 0 radical (unpaired) electrons. The fourth-order valence-corrected chi connectivity index (χ4v) is 2.77. The number of amides is 1. The maximum Gasteiger partial charge on any atom is 0.276 e. The monoisotopic (exact) mass is 284 g/mol. The number of rotatable bonds is 2. The highest BCUT2D eigenvalue weighted by atomic mass is 16.2. The van der Waals surface area contributed by atoms with Gasteiger partial charge in [0.2, 0.25) is 0 Å². The van der Waals surface area contributed by atoms with Crippen LogP contribution in [0.15, 0.2) is 30.3 Å². The van der Waals surface area contributed by atoms with Gasteiger partial charge in [0.25, 0.3) is 5.91 Å². The summed E-state index contributed by atoms with van der Waals surface area (Å²) >= 11 is 0. The zero-order valence-electron chi connectivity index (χ0n) is 12.5. The minimum Gasteiger partial charge on any atom is -0.311 e. The second-order valence-corrected chi connectivity index (χ2v) is 5.25. The molecule has 1 aliphatic rings. The van der Waals surface area contributed by atoms with E-state index in [-0.39, 0.29) is 5.91 Å². The maximum atomic E-state index is 12.9. The molecule has 0 bridgehead atoms. The fraction of sp³-hybridized carbons (Fsp3) is 0.375. The third-order valence-corrected chi connectivity index (χ3v) is 3.78. The molecule has 5 heteroatoms. The second kappa shape index (κ2) is 5.69. The van der Waals surface area contributed by atoms with Gasteiger partial charge in [-0.15, -0.1) is 0 Å². The summed E-state index contributed by atoms with van der Waals surface area (Å²) < 4.78 is 1.78. The van der Waals surface area contributed by atoms with Gasteiger partial charge < -0.3 is 10.2 Å². The van der Waals surface area contributed by atoms with Crippen molar-refractivity contribution in [2.24, 2.45) is 0 Å². The van der Waals surface area contributed by atoms with Crippen LogP contribution < -0.4 is 10.2 Å². The van der Waals surface area contributed by atoms with Gasteiger partial charge in [0, 0.05) is 31.9 Å². The summed E-state index contributed by atoms with van der Waals surface area (Å²) in [6.45, 7) is 6.88. The van der Waals surface area contributed by atoms with Crippen molar-refractivity contribution >= 4 is 11.6 Å². The van der Waals surface area contributed by atoms with Crippen molar-refractivity contribution < 1.29 is 4.79 Å². The van der Waals surface area contributed by atoms with Gasteiger partial charge in [0.15, 0.2) is 0 Å². The predicted molar refractivity (Wildman–Crippen MR) is 82.5 cm³/mol. The van der Waals surface area contributed by atoms with Crippen LogP contribution in [-0.4, -0.2) is 28.8 Å². The third kappa shape index (κ3) is 2.56. The number of fused-ring (bicyclic) bond motifs is 1. The summed E-state index contributed by atoms with van der Waals surface area (Å²) in [6, 6.07) is 9.94. The number of hydrogen-bond acceptors (Lipinski definition) is 3. The van der Waals surface area contributed by atoms with Crippen LogP contribution in [0.4, 0.5) is 5.69 Å². The number of aromatic nitrogens is 2. The summed E-state index contributed by atoms with van der Waals surface area (Å²) in [5.74, 6) is 0.0219. The number of anilines is 1. The molecule has 1 aliphatic heterocycles. The fourth-order valence-electron chi connectivity index (χ4n) is 2.77. The molecule has 0 aliphatic carbocycles. The van der Waals surface area contributed by atoms with Crippen molar-refractivity contribution in [3.05, 3.63) is 47.3 Å². The van der Waals surface area contributed by atoms with Crippen LogP contribution in [0.1, 0.15) is 28.7 Å². The van der Waals surface area contributed by atoms with Gasteiger partial charge in [-0.3, -0.25) is 9.48 Å². The first-order valence-corrected chi connectivity index (χ1v) is 7.35. The molecule has 2 aromatic rings. The Morgan fingerprint density at radius 3 is 3.00 bits per heavy atom. The van der Waals surface area contributed by atoms with Crippen molar-refractivity contribution in [2.45, 2.75) is 26.9 Å². The molecule has 1 aromatic carbocycles. The zero-order chi connectivity index (χ0) is 14.8. The molecule has 3 rings (SSSR count). The van der Waals surface area contributed by atoms with E-state index in [9.17, 15) is 4.79 Å². The number of nitrogens with zero attached hydrogens (tertiary/aromatic N) is 3. The van der Waals surface area contributed by atoms with Crippen LogP contribution >= 0.6 is 0 Å². The first-order valence-electron chi connectivity index (χ1n) is 7.35. The van der Waals surface area contributed by atoms with Crippen LogP contribution in [0, 0.1) is 6.92 Å². The first-order chi connectivity index (χ1) is 10.2. The molecule has 2 heterocycles. The zero-order valence-corrected chi connectivity index (χ0v) is 12.5. The van der Waals surface area contributed by atoms with Crippen molar-refractivity contribution in [3.8, 4) is 0 Å². The summed E-state index contributed by atoms with van der Waals surface area (Å²) in [4.78, 5) is 14.8. The number of nitrogens with one attached hydrogen (secondary N) is 1. The topological polar surface area (TPSA) is 50.2 Å². The highest BCUT2D eigenvalue weighted by molar-refractivity contribution is 6.05. The summed E-state index contributed by atoms with van der Waals surface area (Å²) in [5, 5.41) is 7.74. The maximum absolute atomic E-state index is 12.9. The molecular formula is C16H20N4O. The lowest BCUT2D eigenvalue weighted by Gasteiger charge is -2.22. The minimum atomic E-state index is 0.0219. The van der Waals surface area contributed by atoms with E-state index < -0.39 is 0 Å². The molecule has 1 amide bonds. The number of para-hydroxylation sites is 1. The van der Waals surface area contributed by atoms with E-state index in [1.807, 2.05) is 43.0 Å². The molecule has 110 valence electrons. The Hall–Kier alpha value is -2.14. The Kier molecular flexibility index (Phi) is 3.75. The van der Waals surface area contributed by atoms with E-state index in [0.29, 0.717) is 18.8 Å². The summed E-state index contributed by atoms with van der Waals surface area (Å²) in [6.07, 6.45) is 0. The van der Waals surface area contributed by atoms with Gasteiger partial charge in [-0.1, -0.05) is 18.2 Å². The lowest BCUT2D eigenvalue weighted by Crippen LogP contribution is -2.36. The third-order valence-electron chi connectivity index (χ3n) is 3.78. The van der Waals surface area contributed by atoms with E-state index in [1.165, 1.54) is 0 Å². The van der Waals surface area contributed by atoms with Crippen LogP contribution in [0.3, 0.4) is 0 Å². The van der Waals surface area contributed by atoms with E-state index in [1.54, 1.807) is 4.68 Å². The highest BCUT2D eigenvalue weighted by Crippen LogP contribution is 2.24. The molecule has 0 fully saturated rings. The van der Waals surface area contributed by atoms with Gasteiger partial charge in [-0.05, 0) is 31.5 Å². The molecule has 0 saturated carbocycles. The Morgan fingerprint density at radius 1 is 1.38 bits per heavy atom. The average molecular weight is 284 g/mol. The van der Waals surface area contributed by atoms with Crippen LogP contribution in [0.25, 0.3) is 0 Å². The van der Waals surface area contributed by atoms with Crippen LogP contribution in [0.5, 0.6) is 0 Å². The Labute approximate surface area is 124 Å². The second-order valence-electron chi connectivity index (χ2n) is 5.25. The Bertz CT molecular complexity index is 662. The Morgan fingerprint density at radius 2 is 2.19 bits per heavy atom. The molecule has 21 heavy (non-hydrogen) atoms. The predicted octanol–water partition coefficient (Wildman–Crippen LogP) is 1.96. The number of benzene rings is 1. The van der Waals surface area contributed by atoms with Crippen molar-refractivity contribution in [1.82, 2.24) is 15.1 Å². The minimum absolute atomic E-state index is 0.0219. The summed E-state index contributed by atoms with van der Waals surface area (Å²) in [7, 11) is 0. The first kappa shape index (κ1) is 13.8. The van der Waals surface area contributed by atoms with Crippen LogP contribution in [-0.2, 0) is 13.1 Å². The van der Waals surface area contributed by atoms with Gasteiger partial charge in [0.05, 0.1) is 5.69 Å². The van der Waals surface area contributed by atoms with Crippen molar-refractivity contribution in [3.63, 3.8) is 0 Å². The lowest BCUT2D eigenvalue weighted by atomic mass is 10.1. The average Bonchev–Trinajstić information content (AvgIpc) is 2.75. The van der Waals surface area contributed by atoms with Gasteiger partial charge >= 0.3 is 0 Å². The number of carbonyl (C=O) groups excluding carboxylic acids is 1. The van der Waals surface area contributed by atoms with Gasteiger partial charge in [-0.25, -0.2) is 0 Å². The molecular weight excluding hydrogens is 264 g/mol. The largest absolute Gasteiger partial charge is 0.311 e. The van der Waals surface area contributed by atoms with Crippen LogP contribution in [0.2, 0.25) is 0 Å². The van der Waals surface area contributed by atoms with E-state index in [2.05, 4.69) is 16.5 Å². The quantitative estimate of drug-likeness (QED) is 0.917. The lowest BCUT2D eigenvalue weighted by molar-refractivity contribution is 0.0977. The number of carbonyl (C=O) groups is 1.